The lowest BCUT2D eigenvalue weighted by molar-refractivity contribution is -0.129. The van der Waals surface area contributed by atoms with Gasteiger partial charge in [0.05, 0.1) is 12.3 Å². The van der Waals surface area contributed by atoms with Crippen LogP contribution in [0.3, 0.4) is 0 Å². The van der Waals surface area contributed by atoms with Crippen molar-refractivity contribution in [2.45, 2.75) is 45.2 Å². The monoisotopic (exact) mass is 409 g/mol. The van der Waals surface area contributed by atoms with Gasteiger partial charge in [0.1, 0.15) is 0 Å². The molecule has 1 aromatic carbocycles. The number of carbonyl (C=O) groups excluding carboxylic acids is 2. The van der Waals surface area contributed by atoms with E-state index in [0.29, 0.717) is 44.4 Å². The number of amides is 2. The highest BCUT2D eigenvalue weighted by Gasteiger charge is 2.37. The van der Waals surface area contributed by atoms with Crippen molar-refractivity contribution < 1.29 is 14.0 Å². The minimum Gasteiger partial charge on any atom is -0.459 e. The molecule has 2 aromatic rings. The summed E-state index contributed by atoms with van der Waals surface area (Å²) in [6, 6.07) is 11.6. The molecule has 2 aliphatic rings. The number of nitrogens with one attached hydrogen (secondary N) is 1. The SMILES string of the molecule is Cc1cccc(CNC(=O)[C@@H](C2CCCC2)N2CCN(C(=O)c3ccco3)CC2)c1. The Morgan fingerprint density at radius 3 is 2.53 bits per heavy atom. The number of aryl methyl sites for hydroxylation is 1. The molecule has 0 unspecified atom stereocenters. The van der Waals surface area contributed by atoms with Gasteiger partial charge in [-0.2, -0.15) is 0 Å². The Kier molecular flexibility index (Phi) is 6.53. The van der Waals surface area contributed by atoms with Crippen molar-refractivity contribution in [1.29, 1.82) is 0 Å². The minimum absolute atomic E-state index is 0.0686. The van der Waals surface area contributed by atoms with Crippen LogP contribution in [0.15, 0.2) is 47.1 Å². The molecule has 4 rings (SSSR count). The smallest absolute Gasteiger partial charge is 0.289 e. The summed E-state index contributed by atoms with van der Waals surface area (Å²) >= 11 is 0. The highest BCUT2D eigenvalue weighted by Crippen LogP contribution is 2.31. The summed E-state index contributed by atoms with van der Waals surface area (Å²) in [6.45, 7) is 5.29. The van der Waals surface area contributed by atoms with Gasteiger partial charge in [0.25, 0.3) is 5.91 Å². The molecule has 1 saturated heterocycles. The van der Waals surface area contributed by atoms with Gasteiger partial charge in [-0.15, -0.1) is 0 Å². The summed E-state index contributed by atoms with van der Waals surface area (Å²) in [5, 5.41) is 3.18. The summed E-state index contributed by atoms with van der Waals surface area (Å²) in [5.74, 6) is 0.830. The molecule has 1 atom stereocenters. The Labute approximate surface area is 178 Å². The van der Waals surface area contributed by atoms with E-state index in [2.05, 4.69) is 35.3 Å². The van der Waals surface area contributed by atoms with E-state index < -0.39 is 0 Å². The van der Waals surface area contributed by atoms with Gasteiger partial charge in [-0.1, -0.05) is 42.7 Å². The largest absolute Gasteiger partial charge is 0.459 e. The Morgan fingerprint density at radius 1 is 1.10 bits per heavy atom. The first-order valence-electron chi connectivity index (χ1n) is 11.0. The van der Waals surface area contributed by atoms with Gasteiger partial charge in [0, 0.05) is 32.7 Å². The van der Waals surface area contributed by atoms with Crippen LogP contribution in [0.5, 0.6) is 0 Å². The van der Waals surface area contributed by atoms with Crippen molar-refractivity contribution in [3.63, 3.8) is 0 Å². The van der Waals surface area contributed by atoms with E-state index in [-0.39, 0.29) is 17.9 Å². The molecule has 0 spiro atoms. The van der Waals surface area contributed by atoms with Crippen molar-refractivity contribution in [1.82, 2.24) is 15.1 Å². The zero-order chi connectivity index (χ0) is 20.9. The molecule has 6 nitrogen and oxygen atoms in total. The fourth-order valence-corrected chi connectivity index (χ4v) is 4.83. The Hall–Kier alpha value is -2.60. The van der Waals surface area contributed by atoms with Crippen LogP contribution in [0, 0.1) is 12.8 Å². The number of benzene rings is 1. The standard InChI is InChI=1S/C24H31N3O3/c1-18-6-4-7-19(16-18)17-25-23(28)22(20-8-2-3-9-20)26-11-13-27(14-12-26)24(29)21-10-5-15-30-21/h4-7,10,15-16,20,22H,2-3,8-9,11-14,17H2,1H3,(H,25,28)/t22-/m1/s1. The second-order valence-corrected chi connectivity index (χ2v) is 8.50. The molecule has 1 N–H and O–H groups in total. The van der Waals surface area contributed by atoms with E-state index in [9.17, 15) is 9.59 Å². The molecule has 6 heteroatoms. The topological polar surface area (TPSA) is 65.8 Å². The average molecular weight is 410 g/mol. The van der Waals surface area contributed by atoms with Crippen molar-refractivity contribution in [3.05, 3.63) is 59.5 Å². The first-order valence-corrected chi connectivity index (χ1v) is 11.0. The third-order valence-electron chi connectivity index (χ3n) is 6.39. The molecule has 1 aromatic heterocycles. The van der Waals surface area contributed by atoms with Crippen LogP contribution in [0.1, 0.15) is 47.4 Å². The Balaban J connectivity index is 1.38. The number of rotatable bonds is 6. The van der Waals surface area contributed by atoms with Crippen LogP contribution >= 0.6 is 0 Å². The number of piperazine rings is 1. The van der Waals surface area contributed by atoms with E-state index in [1.165, 1.54) is 24.7 Å². The summed E-state index contributed by atoms with van der Waals surface area (Å²) < 4.78 is 5.26. The van der Waals surface area contributed by atoms with Crippen molar-refractivity contribution in [2.75, 3.05) is 26.2 Å². The third-order valence-corrected chi connectivity index (χ3v) is 6.39. The Bertz CT molecular complexity index is 850. The van der Waals surface area contributed by atoms with Crippen LogP contribution in [-0.2, 0) is 11.3 Å². The van der Waals surface area contributed by atoms with Crippen LogP contribution in [-0.4, -0.2) is 53.8 Å². The quantitative estimate of drug-likeness (QED) is 0.796. The first-order chi connectivity index (χ1) is 14.6. The summed E-state index contributed by atoms with van der Waals surface area (Å²) in [6.07, 6.45) is 6.13. The van der Waals surface area contributed by atoms with E-state index in [4.69, 9.17) is 4.42 Å². The highest BCUT2D eigenvalue weighted by molar-refractivity contribution is 5.91. The number of carbonyl (C=O) groups is 2. The van der Waals surface area contributed by atoms with E-state index in [0.717, 1.165) is 18.4 Å². The predicted octanol–water partition coefficient (Wildman–Crippen LogP) is 3.22. The average Bonchev–Trinajstić information content (AvgIpc) is 3.47. The number of hydrogen-bond donors (Lipinski definition) is 1. The molecule has 1 saturated carbocycles. The predicted molar refractivity (Wildman–Crippen MR) is 115 cm³/mol. The van der Waals surface area contributed by atoms with Crippen LogP contribution in [0.4, 0.5) is 0 Å². The molecule has 1 aliphatic heterocycles. The number of furan rings is 1. The zero-order valence-corrected chi connectivity index (χ0v) is 17.7. The summed E-state index contributed by atoms with van der Waals surface area (Å²) in [4.78, 5) is 29.9. The first kappa shape index (κ1) is 20.7. The molecular formula is C24H31N3O3. The maximum Gasteiger partial charge on any atom is 0.289 e. The van der Waals surface area contributed by atoms with E-state index in [1.807, 2.05) is 11.0 Å². The lowest BCUT2D eigenvalue weighted by Crippen LogP contribution is -2.57. The van der Waals surface area contributed by atoms with Gasteiger partial charge in [0.15, 0.2) is 5.76 Å². The molecule has 160 valence electrons. The van der Waals surface area contributed by atoms with Gasteiger partial charge in [-0.3, -0.25) is 14.5 Å². The lowest BCUT2D eigenvalue weighted by atomic mass is 9.94. The second kappa shape index (κ2) is 9.47. The maximum atomic E-state index is 13.2. The van der Waals surface area contributed by atoms with Gasteiger partial charge in [-0.05, 0) is 43.4 Å². The molecule has 2 amide bonds. The Morgan fingerprint density at radius 2 is 1.87 bits per heavy atom. The van der Waals surface area contributed by atoms with Gasteiger partial charge in [0.2, 0.25) is 5.91 Å². The highest BCUT2D eigenvalue weighted by atomic mass is 16.3. The van der Waals surface area contributed by atoms with Gasteiger partial charge in [-0.25, -0.2) is 0 Å². The molecule has 2 fully saturated rings. The normalized spacial score (nSPS) is 19.0. The maximum absolute atomic E-state index is 13.2. The second-order valence-electron chi connectivity index (χ2n) is 8.50. The fourth-order valence-electron chi connectivity index (χ4n) is 4.83. The van der Waals surface area contributed by atoms with Crippen LogP contribution < -0.4 is 5.32 Å². The summed E-state index contributed by atoms with van der Waals surface area (Å²) in [5.41, 5.74) is 2.33. The number of nitrogens with zero attached hydrogens (tertiary/aromatic N) is 2. The van der Waals surface area contributed by atoms with E-state index >= 15 is 0 Å². The van der Waals surface area contributed by atoms with Gasteiger partial charge >= 0.3 is 0 Å². The molecule has 0 radical (unpaired) electrons. The minimum atomic E-state index is -0.113. The van der Waals surface area contributed by atoms with Crippen molar-refractivity contribution in [2.24, 2.45) is 5.92 Å². The molecular weight excluding hydrogens is 378 g/mol. The molecule has 1 aliphatic carbocycles. The lowest BCUT2D eigenvalue weighted by Gasteiger charge is -2.40. The summed E-state index contributed by atoms with van der Waals surface area (Å²) in [7, 11) is 0. The van der Waals surface area contributed by atoms with Crippen molar-refractivity contribution in [3.8, 4) is 0 Å². The molecule has 30 heavy (non-hydrogen) atoms. The third kappa shape index (κ3) is 4.75. The number of hydrogen-bond acceptors (Lipinski definition) is 4. The zero-order valence-electron chi connectivity index (χ0n) is 17.7. The van der Waals surface area contributed by atoms with E-state index in [1.54, 1.807) is 12.1 Å². The molecule has 0 bridgehead atoms. The van der Waals surface area contributed by atoms with Crippen molar-refractivity contribution >= 4 is 11.8 Å². The molecule has 2 heterocycles. The van der Waals surface area contributed by atoms with Crippen LogP contribution in [0.25, 0.3) is 0 Å². The van der Waals surface area contributed by atoms with Gasteiger partial charge < -0.3 is 14.6 Å². The van der Waals surface area contributed by atoms with Crippen LogP contribution in [0.2, 0.25) is 0 Å². The fraction of sp³-hybridized carbons (Fsp3) is 0.500.